The number of nitrogens with one attached hydrogen (secondary N) is 1. The predicted molar refractivity (Wildman–Crippen MR) is 107 cm³/mol. The highest BCUT2D eigenvalue weighted by molar-refractivity contribution is 5.89. The van der Waals surface area contributed by atoms with E-state index in [1.165, 1.54) is 0 Å². The molecule has 0 heterocycles. The van der Waals surface area contributed by atoms with Crippen molar-refractivity contribution in [3.05, 3.63) is 0 Å². The number of hydrogen-bond donors (Lipinski definition) is 1. The molecule has 148 valence electrons. The van der Waals surface area contributed by atoms with Crippen LogP contribution in [0.15, 0.2) is 4.99 Å². The van der Waals surface area contributed by atoms with Crippen molar-refractivity contribution < 1.29 is 9.53 Å². The Labute approximate surface area is 155 Å². The quantitative estimate of drug-likeness (QED) is 0.406. The fourth-order valence-corrected chi connectivity index (χ4v) is 2.69. The molecule has 0 aromatic rings. The first kappa shape index (κ1) is 24.1. The van der Waals surface area contributed by atoms with Crippen LogP contribution in [0.1, 0.15) is 67.7 Å². The number of rotatable bonds is 13. The summed E-state index contributed by atoms with van der Waals surface area (Å²) in [6.45, 7) is 15.9. The molecule has 0 aromatic heterocycles. The first-order valence-electron chi connectivity index (χ1n) is 9.64. The van der Waals surface area contributed by atoms with Gasteiger partial charge in [0.1, 0.15) is 0 Å². The fraction of sp³-hybridized carbons (Fsp3) is 0.900. The van der Waals surface area contributed by atoms with Crippen LogP contribution in [0.3, 0.4) is 0 Å². The fourth-order valence-electron chi connectivity index (χ4n) is 2.69. The lowest BCUT2D eigenvalue weighted by Crippen LogP contribution is -2.44. The molecule has 0 radical (unpaired) electrons. The number of carbonyl (C=O) groups is 1. The minimum atomic E-state index is -0.263. The Morgan fingerprint density at radius 1 is 1.32 bits per heavy atom. The third-order valence-corrected chi connectivity index (χ3v) is 5.43. The van der Waals surface area contributed by atoms with Crippen molar-refractivity contribution in [2.24, 2.45) is 10.9 Å². The molecule has 25 heavy (non-hydrogen) atoms. The standard InChI is InChI=1S/C20H41N3O2/c1-10-16(5)21-13-18(15(3)4)22-17(6)19(23(8)14-24)12-20(7,11-2)25-9/h14-16,18-19,21H,10-13H2,1-9H3. The maximum Gasteiger partial charge on any atom is 0.210 e. The Kier molecular flexibility index (Phi) is 11.2. The molecule has 4 atom stereocenters. The van der Waals surface area contributed by atoms with Crippen LogP contribution in [0, 0.1) is 5.92 Å². The second-order valence-corrected chi connectivity index (χ2v) is 7.80. The van der Waals surface area contributed by atoms with Crippen LogP contribution in [-0.2, 0) is 9.53 Å². The van der Waals surface area contributed by atoms with Crippen LogP contribution in [0.25, 0.3) is 0 Å². The Morgan fingerprint density at radius 3 is 2.32 bits per heavy atom. The van der Waals surface area contributed by atoms with E-state index < -0.39 is 0 Å². The molecule has 1 N–H and O–H groups in total. The molecule has 4 unspecified atom stereocenters. The summed E-state index contributed by atoms with van der Waals surface area (Å²) >= 11 is 0. The molecule has 0 saturated heterocycles. The minimum Gasteiger partial charge on any atom is -0.378 e. The summed E-state index contributed by atoms with van der Waals surface area (Å²) in [4.78, 5) is 18.1. The van der Waals surface area contributed by atoms with Gasteiger partial charge >= 0.3 is 0 Å². The van der Waals surface area contributed by atoms with Gasteiger partial charge in [0, 0.05) is 38.9 Å². The van der Waals surface area contributed by atoms with Gasteiger partial charge in [0.05, 0.1) is 17.7 Å². The second-order valence-electron chi connectivity index (χ2n) is 7.80. The van der Waals surface area contributed by atoms with Gasteiger partial charge in [-0.3, -0.25) is 9.79 Å². The summed E-state index contributed by atoms with van der Waals surface area (Å²) in [6, 6.07) is 0.640. The number of hydrogen-bond acceptors (Lipinski definition) is 4. The number of amides is 1. The smallest absolute Gasteiger partial charge is 0.210 e. The number of nitrogens with zero attached hydrogens (tertiary/aromatic N) is 2. The molecule has 0 rings (SSSR count). The largest absolute Gasteiger partial charge is 0.378 e. The van der Waals surface area contributed by atoms with Crippen molar-refractivity contribution in [1.29, 1.82) is 0 Å². The van der Waals surface area contributed by atoms with Crippen LogP contribution in [0.5, 0.6) is 0 Å². The van der Waals surface area contributed by atoms with Crippen molar-refractivity contribution >= 4 is 12.1 Å². The van der Waals surface area contributed by atoms with Crippen LogP contribution in [-0.4, -0.2) is 61.5 Å². The predicted octanol–water partition coefficient (Wildman–Crippen LogP) is 3.52. The van der Waals surface area contributed by atoms with Crippen molar-refractivity contribution in [3.8, 4) is 0 Å². The lowest BCUT2D eigenvalue weighted by atomic mass is 9.91. The summed E-state index contributed by atoms with van der Waals surface area (Å²) in [7, 11) is 3.56. The van der Waals surface area contributed by atoms with Crippen LogP contribution < -0.4 is 5.32 Å². The van der Waals surface area contributed by atoms with Gasteiger partial charge in [-0.2, -0.15) is 0 Å². The van der Waals surface area contributed by atoms with E-state index in [0.29, 0.717) is 12.0 Å². The molecule has 0 spiro atoms. The van der Waals surface area contributed by atoms with Gasteiger partial charge in [0.25, 0.3) is 0 Å². The van der Waals surface area contributed by atoms with E-state index in [0.717, 1.165) is 37.9 Å². The van der Waals surface area contributed by atoms with E-state index in [2.05, 4.69) is 46.9 Å². The van der Waals surface area contributed by atoms with Gasteiger partial charge < -0.3 is 15.0 Å². The molecule has 0 fully saturated rings. The monoisotopic (exact) mass is 355 g/mol. The van der Waals surface area contributed by atoms with Gasteiger partial charge in [0.15, 0.2) is 0 Å². The Hall–Kier alpha value is -0.940. The molecule has 0 aliphatic carbocycles. The molecule has 0 aliphatic heterocycles. The topological polar surface area (TPSA) is 53.9 Å². The Bertz CT molecular complexity index is 406. The van der Waals surface area contributed by atoms with E-state index in [9.17, 15) is 4.79 Å². The van der Waals surface area contributed by atoms with Gasteiger partial charge in [-0.1, -0.05) is 27.7 Å². The van der Waals surface area contributed by atoms with E-state index in [1.807, 2.05) is 14.0 Å². The molecule has 0 aliphatic rings. The number of methoxy groups -OCH3 is 1. The van der Waals surface area contributed by atoms with Gasteiger partial charge in [-0.15, -0.1) is 0 Å². The highest BCUT2D eigenvalue weighted by Gasteiger charge is 2.30. The molecule has 0 saturated carbocycles. The number of aliphatic imine (C=N–C) groups is 1. The summed E-state index contributed by atoms with van der Waals surface area (Å²) in [5.74, 6) is 0.439. The number of carbonyl (C=O) groups excluding carboxylic acids is 1. The average molecular weight is 356 g/mol. The van der Waals surface area contributed by atoms with Crippen LogP contribution in [0.4, 0.5) is 0 Å². The minimum absolute atomic E-state index is 0.0488. The van der Waals surface area contributed by atoms with E-state index in [4.69, 9.17) is 9.73 Å². The lowest BCUT2D eigenvalue weighted by Gasteiger charge is -2.35. The Morgan fingerprint density at radius 2 is 1.92 bits per heavy atom. The lowest BCUT2D eigenvalue weighted by molar-refractivity contribution is -0.118. The van der Waals surface area contributed by atoms with E-state index in [-0.39, 0.29) is 17.7 Å². The number of ether oxygens (including phenoxy) is 1. The molecular weight excluding hydrogens is 314 g/mol. The SMILES string of the molecule is CCC(C)NCC(N=C(C)C(CC(C)(CC)OC)N(C)C=O)C(C)C. The van der Waals surface area contributed by atoms with Crippen molar-refractivity contribution in [2.75, 3.05) is 20.7 Å². The summed E-state index contributed by atoms with van der Waals surface area (Å²) in [5, 5.41) is 3.56. The molecule has 0 aromatic carbocycles. The normalized spacial score (nSPS) is 18.6. The third kappa shape index (κ3) is 8.32. The van der Waals surface area contributed by atoms with E-state index >= 15 is 0 Å². The van der Waals surface area contributed by atoms with Crippen LogP contribution in [0.2, 0.25) is 0 Å². The van der Waals surface area contributed by atoms with Gasteiger partial charge in [-0.05, 0) is 39.5 Å². The van der Waals surface area contributed by atoms with Crippen LogP contribution >= 0.6 is 0 Å². The van der Waals surface area contributed by atoms with Gasteiger partial charge in [-0.25, -0.2) is 0 Å². The maximum absolute atomic E-state index is 11.4. The molecule has 5 heteroatoms. The zero-order chi connectivity index (χ0) is 19.6. The first-order chi connectivity index (χ1) is 11.6. The summed E-state index contributed by atoms with van der Waals surface area (Å²) in [6.07, 6.45) is 3.63. The van der Waals surface area contributed by atoms with Gasteiger partial charge in [0.2, 0.25) is 6.41 Å². The first-order valence-corrected chi connectivity index (χ1v) is 9.64. The van der Waals surface area contributed by atoms with E-state index in [1.54, 1.807) is 12.0 Å². The van der Waals surface area contributed by atoms with Crippen molar-refractivity contribution in [1.82, 2.24) is 10.2 Å². The van der Waals surface area contributed by atoms with Crippen molar-refractivity contribution in [2.45, 2.75) is 91.5 Å². The average Bonchev–Trinajstić information content (AvgIpc) is 2.61. The maximum atomic E-state index is 11.4. The second kappa shape index (κ2) is 11.6. The highest BCUT2D eigenvalue weighted by Crippen LogP contribution is 2.24. The summed E-state index contributed by atoms with van der Waals surface area (Å²) < 4.78 is 5.70. The molecular formula is C20H41N3O2. The van der Waals surface area contributed by atoms with Crippen molar-refractivity contribution in [3.63, 3.8) is 0 Å². The Balaban J connectivity index is 5.37. The summed E-state index contributed by atoms with van der Waals surface area (Å²) in [5.41, 5.74) is 0.733. The molecule has 1 amide bonds. The molecule has 0 bridgehead atoms. The zero-order valence-corrected chi connectivity index (χ0v) is 17.9. The third-order valence-electron chi connectivity index (χ3n) is 5.43. The molecule has 5 nitrogen and oxygen atoms in total. The highest BCUT2D eigenvalue weighted by atomic mass is 16.5. The zero-order valence-electron chi connectivity index (χ0n) is 17.9.